The SMILES string of the molecule is O=C(CNS(=O)(=O)c1ccc(F)cc1)OCCN1C(=O)c2ccccc2C1=O. The maximum Gasteiger partial charge on any atom is 0.321 e. The Bertz CT molecular complexity index is 1000. The van der Waals surface area contributed by atoms with Crippen LogP contribution in [0.15, 0.2) is 53.4 Å². The van der Waals surface area contributed by atoms with Gasteiger partial charge in [-0.05, 0) is 36.4 Å². The molecule has 0 spiro atoms. The van der Waals surface area contributed by atoms with Gasteiger partial charge in [-0.3, -0.25) is 19.3 Å². The van der Waals surface area contributed by atoms with Gasteiger partial charge in [-0.2, -0.15) is 4.72 Å². The second-order valence-corrected chi connectivity index (χ2v) is 7.57. The average molecular weight is 406 g/mol. The van der Waals surface area contributed by atoms with Crippen LogP contribution in [0, 0.1) is 5.82 Å². The smallest absolute Gasteiger partial charge is 0.321 e. The van der Waals surface area contributed by atoms with E-state index in [2.05, 4.69) is 0 Å². The maximum absolute atomic E-state index is 12.9. The minimum atomic E-state index is -4.00. The second kappa shape index (κ2) is 7.87. The summed E-state index contributed by atoms with van der Waals surface area (Å²) in [4.78, 5) is 36.8. The molecule has 0 fully saturated rings. The number of benzene rings is 2. The molecular formula is C18H15FN2O6S. The van der Waals surface area contributed by atoms with Gasteiger partial charge in [0.1, 0.15) is 19.0 Å². The molecule has 28 heavy (non-hydrogen) atoms. The number of fused-ring (bicyclic) bond motifs is 1. The molecule has 0 aliphatic carbocycles. The molecule has 3 rings (SSSR count). The zero-order valence-electron chi connectivity index (χ0n) is 14.4. The fourth-order valence-electron chi connectivity index (χ4n) is 2.60. The van der Waals surface area contributed by atoms with Crippen molar-refractivity contribution >= 4 is 27.8 Å². The Balaban J connectivity index is 1.48. The molecule has 0 radical (unpaired) electrons. The molecule has 0 saturated heterocycles. The zero-order chi connectivity index (χ0) is 20.3. The molecule has 8 nitrogen and oxygen atoms in total. The molecule has 0 atom stereocenters. The zero-order valence-corrected chi connectivity index (χ0v) is 15.2. The monoisotopic (exact) mass is 406 g/mol. The molecule has 1 heterocycles. The van der Waals surface area contributed by atoms with Crippen LogP contribution in [0.4, 0.5) is 4.39 Å². The number of nitrogens with zero attached hydrogens (tertiary/aromatic N) is 1. The predicted molar refractivity (Wildman–Crippen MR) is 94.4 cm³/mol. The van der Waals surface area contributed by atoms with E-state index in [9.17, 15) is 27.2 Å². The molecule has 146 valence electrons. The Labute approximate surface area is 160 Å². The van der Waals surface area contributed by atoms with Gasteiger partial charge in [-0.1, -0.05) is 12.1 Å². The number of amides is 2. The Morgan fingerprint density at radius 1 is 1.00 bits per heavy atom. The van der Waals surface area contributed by atoms with Crippen LogP contribution in [0.25, 0.3) is 0 Å². The van der Waals surface area contributed by atoms with E-state index in [1.807, 2.05) is 4.72 Å². The first kappa shape index (κ1) is 19.6. The average Bonchev–Trinajstić information content (AvgIpc) is 2.92. The summed E-state index contributed by atoms with van der Waals surface area (Å²) in [5, 5.41) is 0. The summed E-state index contributed by atoms with van der Waals surface area (Å²) in [6, 6.07) is 10.4. The van der Waals surface area contributed by atoms with Crippen molar-refractivity contribution < 1.29 is 31.9 Å². The molecule has 2 aromatic rings. The molecule has 2 aromatic carbocycles. The van der Waals surface area contributed by atoms with E-state index in [-0.39, 0.29) is 29.2 Å². The van der Waals surface area contributed by atoms with Gasteiger partial charge in [-0.15, -0.1) is 0 Å². The van der Waals surface area contributed by atoms with Crippen LogP contribution in [0.3, 0.4) is 0 Å². The van der Waals surface area contributed by atoms with Gasteiger partial charge in [0.05, 0.1) is 22.6 Å². The van der Waals surface area contributed by atoms with Gasteiger partial charge < -0.3 is 4.74 Å². The summed E-state index contributed by atoms with van der Waals surface area (Å²) in [7, 11) is -4.00. The number of rotatable bonds is 7. The lowest BCUT2D eigenvalue weighted by atomic mass is 10.1. The second-order valence-electron chi connectivity index (χ2n) is 5.81. The van der Waals surface area contributed by atoms with Gasteiger partial charge in [0.25, 0.3) is 11.8 Å². The molecule has 10 heteroatoms. The van der Waals surface area contributed by atoms with Crippen LogP contribution < -0.4 is 4.72 Å². The molecule has 0 unspecified atom stereocenters. The van der Waals surface area contributed by atoms with Crippen molar-refractivity contribution in [3.05, 3.63) is 65.5 Å². The molecule has 1 N–H and O–H groups in total. The number of nitrogens with one attached hydrogen (secondary N) is 1. The lowest BCUT2D eigenvalue weighted by Gasteiger charge is -2.14. The first-order chi connectivity index (χ1) is 13.3. The van der Waals surface area contributed by atoms with Crippen molar-refractivity contribution in [1.82, 2.24) is 9.62 Å². The minimum Gasteiger partial charge on any atom is -0.463 e. The van der Waals surface area contributed by atoms with E-state index in [4.69, 9.17) is 4.74 Å². The summed E-state index contributed by atoms with van der Waals surface area (Å²) in [6.07, 6.45) is 0. The van der Waals surface area contributed by atoms with Gasteiger partial charge in [0.15, 0.2) is 0 Å². The largest absolute Gasteiger partial charge is 0.463 e. The van der Waals surface area contributed by atoms with Crippen molar-refractivity contribution in [2.75, 3.05) is 19.7 Å². The Morgan fingerprint density at radius 3 is 2.14 bits per heavy atom. The Morgan fingerprint density at radius 2 is 1.57 bits per heavy atom. The summed E-state index contributed by atoms with van der Waals surface area (Å²) >= 11 is 0. The third-order valence-electron chi connectivity index (χ3n) is 3.99. The summed E-state index contributed by atoms with van der Waals surface area (Å²) in [5.41, 5.74) is 0.566. The van der Waals surface area contributed by atoms with Crippen LogP contribution in [-0.4, -0.2) is 50.8 Å². The maximum atomic E-state index is 12.9. The van der Waals surface area contributed by atoms with E-state index in [0.717, 1.165) is 29.2 Å². The number of ether oxygens (including phenoxy) is 1. The van der Waals surface area contributed by atoms with Crippen molar-refractivity contribution in [3.63, 3.8) is 0 Å². The quantitative estimate of drug-likeness (QED) is 0.541. The molecule has 1 aliphatic rings. The van der Waals surface area contributed by atoms with Crippen LogP contribution >= 0.6 is 0 Å². The minimum absolute atomic E-state index is 0.150. The van der Waals surface area contributed by atoms with Gasteiger partial charge in [0.2, 0.25) is 10.0 Å². The molecule has 0 bridgehead atoms. The molecular weight excluding hydrogens is 391 g/mol. The van der Waals surface area contributed by atoms with Crippen molar-refractivity contribution in [1.29, 1.82) is 0 Å². The van der Waals surface area contributed by atoms with Crippen molar-refractivity contribution in [2.24, 2.45) is 0 Å². The standard InChI is InChI=1S/C18H15FN2O6S/c19-12-5-7-13(8-6-12)28(25,26)20-11-16(22)27-10-9-21-17(23)14-3-1-2-4-15(14)18(21)24/h1-8,20H,9-11H2. The van der Waals surface area contributed by atoms with Gasteiger partial charge in [-0.25, -0.2) is 12.8 Å². The number of sulfonamides is 1. The summed E-state index contributed by atoms with van der Waals surface area (Å²) in [5.74, 6) is -2.43. The first-order valence-electron chi connectivity index (χ1n) is 8.16. The van der Waals surface area contributed by atoms with Crippen LogP contribution in [-0.2, 0) is 19.6 Å². The summed E-state index contributed by atoms with van der Waals surface area (Å²) in [6.45, 7) is -1.08. The Hall–Kier alpha value is -3.11. The third kappa shape index (κ3) is 4.07. The van der Waals surface area contributed by atoms with Gasteiger partial charge in [0, 0.05) is 0 Å². The highest BCUT2D eigenvalue weighted by atomic mass is 32.2. The molecule has 2 amide bonds. The van der Waals surface area contributed by atoms with Crippen LogP contribution in [0.5, 0.6) is 0 Å². The number of hydrogen-bond acceptors (Lipinski definition) is 6. The number of halogens is 1. The van der Waals surface area contributed by atoms with E-state index < -0.39 is 40.2 Å². The van der Waals surface area contributed by atoms with Gasteiger partial charge >= 0.3 is 5.97 Å². The fraction of sp³-hybridized carbons (Fsp3) is 0.167. The predicted octanol–water partition coefficient (Wildman–Crippen LogP) is 0.943. The van der Waals surface area contributed by atoms with Crippen molar-refractivity contribution in [2.45, 2.75) is 4.90 Å². The number of carbonyl (C=O) groups is 3. The van der Waals surface area contributed by atoms with Crippen molar-refractivity contribution in [3.8, 4) is 0 Å². The highest BCUT2D eigenvalue weighted by Gasteiger charge is 2.34. The van der Waals surface area contributed by atoms with Crippen LogP contribution in [0.2, 0.25) is 0 Å². The molecule has 0 aromatic heterocycles. The number of imide groups is 1. The number of esters is 1. The lowest BCUT2D eigenvalue weighted by Crippen LogP contribution is -2.35. The Kier molecular flexibility index (Phi) is 5.52. The normalized spacial score (nSPS) is 13.5. The highest BCUT2D eigenvalue weighted by Crippen LogP contribution is 2.21. The molecule has 1 aliphatic heterocycles. The van der Waals surface area contributed by atoms with E-state index in [1.165, 1.54) is 12.1 Å². The van der Waals surface area contributed by atoms with E-state index in [1.54, 1.807) is 12.1 Å². The topological polar surface area (TPSA) is 110 Å². The van der Waals surface area contributed by atoms with E-state index in [0.29, 0.717) is 0 Å². The number of hydrogen-bond donors (Lipinski definition) is 1. The molecule has 0 saturated carbocycles. The first-order valence-corrected chi connectivity index (χ1v) is 9.64. The highest BCUT2D eigenvalue weighted by molar-refractivity contribution is 7.89. The lowest BCUT2D eigenvalue weighted by molar-refractivity contribution is -0.142. The number of carbonyl (C=O) groups excluding carboxylic acids is 3. The fourth-order valence-corrected chi connectivity index (χ4v) is 3.56. The third-order valence-corrected chi connectivity index (χ3v) is 5.40. The summed E-state index contributed by atoms with van der Waals surface area (Å²) < 4.78 is 43.8. The van der Waals surface area contributed by atoms with E-state index >= 15 is 0 Å². The van der Waals surface area contributed by atoms with Crippen LogP contribution in [0.1, 0.15) is 20.7 Å².